The van der Waals surface area contributed by atoms with Crippen LogP contribution in [0.15, 0.2) is 47.1 Å². The van der Waals surface area contributed by atoms with E-state index in [1.807, 2.05) is 25.3 Å². The highest BCUT2D eigenvalue weighted by atomic mass is 79.9. The number of anilines is 1. The van der Waals surface area contributed by atoms with Gasteiger partial charge in [0, 0.05) is 28.6 Å². The van der Waals surface area contributed by atoms with Crippen molar-refractivity contribution in [1.29, 1.82) is 0 Å². The number of rotatable bonds is 3. The summed E-state index contributed by atoms with van der Waals surface area (Å²) in [6.07, 6.45) is 1.82. The Hall–Kier alpha value is -1.35. The summed E-state index contributed by atoms with van der Waals surface area (Å²) in [6, 6.07) is 12.3. The molecule has 3 heteroatoms. The molecule has 1 heterocycles. The van der Waals surface area contributed by atoms with E-state index in [1.54, 1.807) is 0 Å². The van der Waals surface area contributed by atoms with E-state index >= 15 is 0 Å². The van der Waals surface area contributed by atoms with E-state index in [1.165, 1.54) is 5.56 Å². The van der Waals surface area contributed by atoms with Crippen molar-refractivity contribution >= 4 is 21.6 Å². The van der Waals surface area contributed by atoms with Crippen molar-refractivity contribution in [1.82, 2.24) is 4.98 Å². The summed E-state index contributed by atoms with van der Waals surface area (Å²) in [6.45, 7) is 2.82. The molecule has 1 aromatic heterocycles. The first kappa shape index (κ1) is 11.1. The van der Waals surface area contributed by atoms with Gasteiger partial charge in [-0.15, -0.1) is 0 Å². The van der Waals surface area contributed by atoms with Gasteiger partial charge in [-0.1, -0.05) is 28.1 Å². The first-order valence-electron chi connectivity index (χ1n) is 5.15. The minimum Gasteiger partial charge on any atom is -0.381 e. The number of pyridine rings is 1. The maximum Gasteiger partial charge on any atom is 0.0400 e. The molecular weight excluding hydrogens is 264 g/mol. The number of nitrogens with one attached hydrogen (secondary N) is 1. The maximum absolute atomic E-state index is 4.16. The lowest BCUT2D eigenvalue weighted by molar-refractivity contribution is 1.13. The third kappa shape index (κ3) is 3.07. The van der Waals surface area contributed by atoms with Crippen molar-refractivity contribution in [2.45, 2.75) is 13.5 Å². The molecule has 2 rings (SSSR count). The van der Waals surface area contributed by atoms with Crippen LogP contribution >= 0.6 is 15.9 Å². The molecule has 0 unspecified atom stereocenters. The molecule has 1 aromatic carbocycles. The molecule has 0 aliphatic rings. The van der Waals surface area contributed by atoms with Crippen LogP contribution in [0.5, 0.6) is 0 Å². The summed E-state index contributed by atoms with van der Waals surface area (Å²) in [4.78, 5) is 4.16. The Kier molecular flexibility index (Phi) is 3.57. The molecule has 0 bridgehead atoms. The summed E-state index contributed by atoms with van der Waals surface area (Å²) in [5.74, 6) is 0. The highest BCUT2D eigenvalue weighted by molar-refractivity contribution is 9.10. The SMILES string of the molecule is Cc1cc(NCc2ccc(Br)cc2)ccn1. The van der Waals surface area contributed by atoms with Crippen LogP contribution in [-0.2, 0) is 6.54 Å². The van der Waals surface area contributed by atoms with Gasteiger partial charge in [-0.2, -0.15) is 0 Å². The molecule has 0 aliphatic heterocycles. The fraction of sp³-hybridized carbons (Fsp3) is 0.154. The highest BCUT2D eigenvalue weighted by Gasteiger charge is 1.95. The fourth-order valence-corrected chi connectivity index (χ4v) is 1.73. The molecular formula is C13H13BrN2. The number of hydrogen-bond acceptors (Lipinski definition) is 2. The van der Waals surface area contributed by atoms with Gasteiger partial charge in [0.15, 0.2) is 0 Å². The largest absolute Gasteiger partial charge is 0.381 e. The molecule has 2 nitrogen and oxygen atoms in total. The van der Waals surface area contributed by atoms with Crippen LogP contribution in [0.2, 0.25) is 0 Å². The van der Waals surface area contributed by atoms with Crippen LogP contribution in [0, 0.1) is 6.92 Å². The van der Waals surface area contributed by atoms with Gasteiger partial charge in [-0.3, -0.25) is 4.98 Å². The highest BCUT2D eigenvalue weighted by Crippen LogP contribution is 2.13. The van der Waals surface area contributed by atoms with Crippen LogP contribution < -0.4 is 5.32 Å². The third-order valence-electron chi connectivity index (χ3n) is 2.31. The lowest BCUT2D eigenvalue weighted by atomic mass is 10.2. The number of nitrogens with zero attached hydrogens (tertiary/aromatic N) is 1. The zero-order valence-corrected chi connectivity index (χ0v) is 10.7. The van der Waals surface area contributed by atoms with E-state index in [2.05, 4.69) is 50.5 Å². The first-order chi connectivity index (χ1) is 7.74. The summed E-state index contributed by atoms with van der Waals surface area (Å²) < 4.78 is 1.11. The molecule has 0 aliphatic carbocycles. The van der Waals surface area contributed by atoms with E-state index in [0.29, 0.717) is 0 Å². The Balaban J connectivity index is 1.99. The van der Waals surface area contributed by atoms with Crippen molar-refractivity contribution in [3.05, 3.63) is 58.3 Å². The summed E-state index contributed by atoms with van der Waals surface area (Å²) in [7, 11) is 0. The smallest absolute Gasteiger partial charge is 0.0400 e. The second-order valence-corrected chi connectivity index (χ2v) is 4.58. The fourth-order valence-electron chi connectivity index (χ4n) is 1.46. The van der Waals surface area contributed by atoms with E-state index in [-0.39, 0.29) is 0 Å². The Labute approximate surface area is 104 Å². The van der Waals surface area contributed by atoms with Gasteiger partial charge in [0.25, 0.3) is 0 Å². The van der Waals surface area contributed by atoms with E-state index in [9.17, 15) is 0 Å². The number of aromatic nitrogens is 1. The van der Waals surface area contributed by atoms with E-state index < -0.39 is 0 Å². The summed E-state index contributed by atoms with van der Waals surface area (Å²) in [5, 5.41) is 3.37. The number of benzene rings is 1. The lowest BCUT2D eigenvalue weighted by Gasteiger charge is -2.06. The number of halogens is 1. The minimum absolute atomic E-state index is 0.830. The molecule has 1 N–H and O–H groups in total. The van der Waals surface area contributed by atoms with Gasteiger partial charge in [0.2, 0.25) is 0 Å². The van der Waals surface area contributed by atoms with Crippen LogP contribution in [0.4, 0.5) is 5.69 Å². The molecule has 0 spiro atoms. The van der Waals surface area contributed by atoms with Crippen molar-refractivity contribution < 1.29 is 0 Å². The standard InChI is InChI=1S/C13H13BrN2/c1-10-8-13(6-7-15-10)16-9-11-2-4-12(14)5-3-11/h2-8H,9H2,1H3,(H,15,16). The topological polar surface area (TPSA) is 24.9 Å². The quantitative estimate of drug-likeness (QED) is 0.923. The molecule has 16 heavy (non-hydrogen) atoms. The molecule has 82 valence electrons. The zero-order valence-electron chi connectivity index (χ0n) is 9.07. The van der Waals surface area contributed by atoms with Crippen LogP contribution in [0.1, 0.15) is 11.3 Å². The first-order valence-corrected chi connectivity index (χ1v) is 5.94. The van der Waals surface area contributed by atoms with Gasteiger partial charge in [-0.25, -0.2) is 0 Å². The van der Waals surface area contributed by atoms with Gasteiger partial charge in [-0.05, 0) is 36.8 Å². The molecule has 0 radical (unpaired) electrons. The second-order valence-electron chi connectivity index (χ2n) is 3.67. The van der Waals surface area contributed by atoms with Crippen molar-refractivity contribution in [2.75, 3.05) is 5.32 Å². The monoisotopic (exact) mass is 276 g/mol. The third-order valence-corrected chi connectivity index (χ3v) is 2.84. The Morgan fingerprint density at radius 1 is 1.19 bits per heavy atom. The van der Waals surface area contributed by atoms with Crippen LogP contribution in [0.25, 0.3) is 0 Å². The summed E-state index contributed by atoms with van der Waals surface area (Å²) in [5.41, 5.74) is 3.40. The average Bonchev–Trinajstić information content (AvgIpc) is 2.28. The molecule has 0 saturated carbocycles. The predicted molar refractivity (Wildman–Crippen MR) is 70.4 cm³/mol. The average molecular weight is 277 g/mol. The maximum atomic E-state index is 4.16. The van der Waals surface area contributed by atoms with Gasteiger partial charge < -0.3 is 5.32 Å². The molecule has 0 amide bonds. The molecule has 0 atom stereocenters. The van der Waals surface area contributed by atoms with Crippen molar-refractivity contribution in [3.63, 3.8) is 0 Å². The van der Waals surface area contributed by atoms with Crippen molar-refractivity contribution in [3.8, 4) is 0 Å². The Bertz CT molecular complexity index is 466. The molecule has 2 aromatic rings. The lowest BCUT2D eigenvalue weighted by Crippen LogP contribution is -1.99. The minimum atomic E-state index is 0.830. The molecule has 0 saturated heterocycles. The second kappa shape index (κ2) is 5.12. The van der Waals surface area contributed by atoms with E-state index in [0.717, 1.165) is 22.4 Å². The van der Waals surface area contributed by atoms with Crippen molar-refractivity contribution in [2.24, 2.45) is 0 Å². The van der Waals surface area contributed by atoms with Crippen LogP contribution in [-0.4, -0.2) is 4.98 Å². The Morgan fingerprint density at radius 2 is 1.94 bits per heavy atom. The molecule has 0 fully saturated rings. The van der Waals surface area contributed by atoms with E-state index in [4.69, 9.17) is 0 Å². The van der Waals surface area contributed by atoms with Crippen LogP contribution in [0.3, 0.4) is 0 Å². The Morgan fingerprint density at radius 3 is 2.62 bits per heavy atom. The zero-order chi connectivity index (χ0) is 11.4. The van der Waals surface area contributed by atoms with Gasteiger partial charge >= 0.3 is 0 Å². The normalized spacial score (nSPS) is 10.1. The predicted octanol–water partition coefficient (Wildman–Crippen LogP) is 3.76. The number of aryl methyl sites for hydroxylation is 1. The number of hydrogen-bond donors (Lipinski definition) is 1. The summed E-state index contributed by atoms with van der Waals surface area (Å²) >= 11 is 3.42. The van der Waals surface area contributed by atoms with Gasteiger partial charge in [0.05, 0.1) is 0 Å². The van der Waals surface area contributed by atoms with Gasteiger partial charge in [0.1, 0.15) is 0 Å².